The van der Waals surface area contributed by atoms with E-state index in [1.165, 1.54) is 35.6 Å². The molecule has 0 unspecified atom stereocenters. The molecule has 0 fully saturated rings. The highest BCUT2D eigenvalue weighted by Gasteiger charge is 2.18. The molecule has 30 heavy (non-hydrogen) atoms. The van der Waals surface area contributed by atoms with E-state index in [1.807, 2.05) is 0 Å². The zero-order valence-electron chi connectivity index (χ0n) is 18.7. The van der Waals surface area contributed by atoms with Crippen LogP contribution in [0.3, 0.4) is 0 Å². The molecule has 0 aromatic rings. The fourth-order valence-electron chi connectivity index (χ4n) is 2.33. The predicted octanol–water partition coefficient (Wildman–Crippen LogP) is 4.44. The second-order valence-corrected chi connectivity index (χ2v) is 8.33. The van der Waals surface area contributed by atoms with Crippen LogP contribution in [0, 0.1) is 0 Å². The van der Waals surface area contributed by atoms with Gasteiger partial charge in [0, 0.05) is 23.7 Å². The van der Waals surface area contributed by atoms with Gasteiger partial charge in [0.15, 0.2) is 0 Å². The van der Waals surface area contributed by atoms with Gasteiger partial charge >= 0.3 is 11.9 Å². The smallest absolute Gasteiger partial charge is 0.330 e. The summed E-state index contributed by atoms with van der Waals surface area (Å²) in [5.41, 5.74) is 4.00. The molecule has 6 nitrogen and oxygen atoms in total. The Hall–Kier alpha value is -2.28. The molecular weight excluding hydrogens is 402 g/mol. The first-order valence-corrected chi connectivity index (χ1v) is 11.1. The van der Waals surface area contributed by atoms with Crippen molar-refractivity contribution in [2.45, 2.75) is 59.4 Å². The van der Waals surface area contributed by atoms with E-state index in [0.717, 1.165) is 37.8 Å². The molecule has 2 N–H and O–H groups in total. The van der Waals surface area contributed by atoms with Gasteiger partial charge in [-0.25, -0.2) is 9.59 Å². The molecule has 0 radical (unpaired) electrons. The van der Waals surface area contributed by atoms with Crippen LogP contribution in [-0.2, 0) is 19.1 Å². The number of nitrogens with one attached hydrogen (secondary N) is 1. The molecule has 0 saturated carbocycles. The summed E-state index contributed by atoms with van der Waals surface area (Å²) in [5, 5.41) is 11.6. The van der Waals surface area contributed by atoms with Gasteiger partial charge in [0.05, 0.1) is 7.11 Å². The number of carbonyl (C=O) groups is 3. The number of esters is 1. The Labute approximate surface area is 184 Å². The van der Waals surface area contributed by atoms with Crippen molar-refractivity contribution < 1.29 is 24.2 Å². The Morgan fingerprint density at radius 3 is 2.13 bits per heavy atom. The van der Waals surface area contributed by atoms with E-state index < -0.39 is 23.9 Å². The van der Waals surface area contributed by atoms with Gasteiger partial charge < -0.3 is 15.2 Å². The fraction of sp³-hybridized carbons (Fsp3) is 0.522. The van der Waals surface area contributed by atoms with Crippen LogP contribution < -0.4 is 5.32 Å². The number of rotatable bonds is 14. The molecule has 0 aliphatic carbocycles. The molecule has 7 heteroatoms. The van der Waals surface area contributed by atoms with Crippen LogP contribution in [0.1, 0.15) is 53.4 Å². The number of hydrogen-bond donors (Lipinski definition) is 2. The average molecular weight is 438 g/mol. The van der Waals surface area contributed by atoms with Crippen LogP contribution in [0.2, 0.25) is 0 Å². The summed E-state index contributed by atoms with van der Waals surface area (Å²) in [6.45, 7) is 8.45. The highest BCUT2D eigenvalue weighted by Crippen LogP contribution is 2.13. The van der Waals surface area contributed by atoms with Gasteiger partial charge in [-0.2, -0.15) is 11.8 Å². The SMILES string of the molecule is COC(=O)/C=C/C(=O)N[C@@H](CSC/C=C(\C)CC/C=C(\C)CCC=C(C)C)C(=O)O. The number of allylic oxidation sites excluding steroid dienone is 5. The summed E-state index contributed by atoms with van der Waals surface area (Å²) in [6.07, 6.45) is 12.7. The second-order valence-electron chi connectivity index (χ2n) is 7.25. The molecule has 0 spiro atoms. The lowest BCUT2D eigenvalue weighted by atomic mass is 10.1. The maximum atomic E-state index is 11.7. The molecule has 0 saturated heterocycles. The van der Waals surface area contributed by atoms with Crippen molar-refractivity contribution in [1.29, 1.82) is 0 Å². The minimum Gasteiger partial charge on any atom is -0.480 e. The number of aliphatic carboxylic acids is 1. The summed E-state index contributed by atoms with van der Waals surface area (Å²) < 4.78 is 4.38. The zero-order valence-corrected chi connectivity index (χ0v) is 19.5. The molecule has 168 valence electrons. The van der Waals surface area contributed by atoms with E-state index in [-0.39, 0.29) is 5.75 Å². The van der Waals surface area contributed by atoms with Gasteiger partial charge in [0.2, 0.25) is 5.91 Å². The monoisotopic (exact) mass is 437 g/mol. The van der Waals surface area contributed by atoms with Crippen molar-refractivity contribution in [2.24, 2.45) is 0 Å². The minimum absolute atomic E-state index is 0.236. The van der Waals surface area contributed by atoms with Gasteiger partial charge in [-0.3, -0.25) is 4.79 Å². The highest BCUT2D eigenvalue weighted by atomic mass is 32.2. The van der Waals surface area contributed by atoms with Crippen LogP contribution in [0.5, 0.6) is 0 Å². The topological polar surface area (TPSA) is 92.7 Å². The van der Waals surface area contributed by atoms with Crippen LogP contribution in [-0.4, -0.2) is 47.6 Å². The summed E-state index contributed by atoms with van der Waals surface area (Å²) in [4.78, 5) is 34.0. The molecule has 0 aromatic heterocycles. The molecule has 0 aliphatic rings. The van der Waals surface area contributed by atoms with Crippen molar-refractivity contribution in [3.63, 3.8) is 0 Å². The van der Waals surface area contributed by atoms with E-state index in [0.29, 0.717) is 5.75 Å². The summed E-state index contributed by atoms with van der Waals surface area (Å²) in [5.74, 6) is -1.53. The molecule has 0 aromatic carbocycles. The highest BCUT2D eigenvalue weighted by molar-refractivity contribution is 7.99. The largest absolute Gasteiger partial charge is 0.480 e. The molecule has 0 heterocycles. The Morgan fingerprint density at radius 1 is 0.967 bits per heavy atom. The molecule has 1 amide bonds. The number of amides is 1. The molecule has 0 bridgehead atoms. The first-order chi connectivity index (χ1) is 14.1. The molecule has 1 atom stereocenters. The molecule has 0 rings (SSSR count). The van der Waals surface area contributed by atoms with Gasteiger partial charge in [-0.05, 0) is 53.4 Å². The van der Waals surface area contributed by atoms with Crippen LogP contribution in [0.15, 0.2) is 47.1 Å². The number of thioether (sulfide) groups is 1. The third-order valence-electron chi connectivity index (χ3n) is 4.14. The first-order valence-electron chi connectivity index (χ1n) is 9.97. The average Bonchev–Trinajstić information content (AvgIpc) is 2.67. The number of methoxy groups -OCH3 is 1. The standard InChI is InChI=1S/C23H35NO5S/c1-17(2)8-6-9-18(3)10-7-11-19(4)14-15-30-16-20(23(27)28)24-21(25)12-13-22(26)29-5/h8,10,12-14,20H,6-7,9,11,15-16H2,1-5H3,(H,24,25)(H,27,28)/b13-12+,18-10+,19-14+/t20-/m0/s1. The Balaban J connectivity index is 4.30. The lowest BCUT2D eigenvalue weighted by Gasteiger charge is -2.12. The predicted molar refractivity (Wildman–Crippen MR) is 123 cm³/mol. The van der Waals surface area contributed by atoms with Crippen LogP contribution >= 0.6 is 11.8 Å². The third kappa shape index (κ3) is 15.6. The maximum absolute atomic E-state index is 11.7. The number of hydrogen-bond acceptors (Lipinski definition) is 5. The first kappa shape index (κ1) is 27.7. The van der Waals surface area contributed by atoms with Gasteiger partial charge in [0.25, 0.3) is 0 Å². The quantitative estimate of drug-likeness (QED) is 0.181. The van der Waals surface area contributed by atoms with Crippen LogP contribution in [0.25, 0.3) is 0 Å². The van der Waals surface area contributed by atoms with Crippen molar-refractivity contribution in [1.82, 2.24) is 5.32 Å². The number of carboxylic acid groups (broad SMARTS) is 1. The van der Waals surface area contributed by atoms with Gasteiger partial charge in [0.1, 0.15) is 6.04 Å². The Bertz CT molecular complexity index is 688. The normalized spacial score (nSPS) is 13.1. The van der Waals surface area contributed by atoms with Crippen molar-refractivity contribution in [3.8, 4) is 0 Å². The molecule has 0 aliphatic heterocycles. The summed E-state index contributed by atoms with van der Waals surface area (Å²) in [7, 11) is 1.19. The van der Waals surface area contributed by atoms with E-state index >= 15 is 0 Å². The minimum atomic E-state index is -1.11. The van der Waals surface area contributed by atoms with E-state index in [9.17, 15) is 19.5 Å². The van der Waals surface area contributed by atoms with Gasteiger partial charge in [-0.15, -0.1) is 0 Å². The maximum Gasteiger partial charge on any atom is 0.330 e. The van der Waals surface area contributed by atoms with E-state index in [4.69, 9.17) is 0 Å². The van der Waals surface area contributed by atoms with Crippen molar-refractivity contribution in [2.75, 3.05) is 18.6 Å². The third-order valence-corrected chi connectivity index (χ3v) is 5.11. The fourth-order valence-corrected chi connectivity index (χ4v) is 3.33. The number of carbonyl (C=O) groups excluding carboxylic acids is 2. The Kier molecular flexibility index (Phi) is 15.3. The van der Waals surface area contributed by atoms with Crippen molar-refractivity contribution >= 4 is 29.6 Å². The Morgan fingerprint density at radius 2 is 1.57 bits per heavy atom. The number of ether oxygens (including phenoxy) is 1. The van der Waals surface area contributed by atoms with Crippen LogP contribution in [0.4, 0.5) is 0 Å². The second kappa shape index (κ2) is 16.5. The van der Waals surface area contributed by atoms with Gasteiger partial charge in [-0.1, -0.05) is 34.9 Å². The lowest BCUT2D eigenvalue weighted by molar-refractivity contribution is -0.140. The zero-order chi connectivity index (χ0) is 22.9. The number of carboxylic acids is 1. The van der Waals surface area contributed by atoms with E-state index in [1.54, 1.807) is 0 Å². The lowest BCUT2D eigenvalue weighted by Crippen LogP contribution is -2.42. The summed E-state index contributed by atoms with van der Waals surface area (Å²) >= 11 is 1.43. The molecular formula is C23H35NO5S. The van der Waals surface area contributed by atoms with Crippen molar-refractivity contribution in [3.05, 3.63) is 47.1 Å². The summed E-state index contributed by atoms with van der Waals surface area (Å²) in [6, 6.07) is -1.02. The van der Waals surface area contributed by atoms with E-state index in [2.05, 4.69) is 56.0 Å².